The molecule has 0 spiro atoms. The molecule has 0 bridgehead atoms. The van der Waals surface area contributed by atoms with E-state index in [1.807, 2.05) is 7.05 Å². The van der Waals surface area contributed by atoms with Crippen LogP contribution in [0.3, 0.4) is 0 Å². The van der Waals surface area contributed by atoms with Crippen molar-refractivity contribution in [2.75, 3.05) is 26.7 Å². The van der Waals surface area contributed by atoms with E-state index in [0.29, 0.717) is 18.9 Å². The lowest BCUT2D eigenvalue weighted by Gasteiger charge is -2.05. The number of nitrogens with one attached hydrogen (secondary N) is 1. The van der Waals surface area contributed by atoms with Gasteiger partial charge in [-0.15, -0.1) is 0 Å². The molecular weight excluding hydrogens is 128 g/mol. The van der Waals surface area contributed by atoms with E-state index in [9.17, 15) is 0 Å². The van der Waals surface area contributed by atoms with Gasteiger partial charge in [-0.3, -0.25) is 0 Å². The molecule has 0 aromatic rings. The van der Waals surface area contributed by atoms with Gasteiger partial charge in [0.15, 0.2) is 0 Å². The van der Waals surface area contributed by atoms with E-state index in [0.717, 1.165) is 13.0 Å². The van der Waals surface area contributed by atoms with Crippen LogP contribution >= 0.6 is 0 Å². The van der Waals surface area contributed by atoms with Crippen molar-refractivity contribution < 1.29 is 4.74 Å². The Bertz CT molecular complexity index is 93.6. The van der Waals surface area contributed by atoms with E-state index >= 15 is 0 Å². The molecule has 0 amide bonds. The fourth-order valence-corrected chi connectivity index (χ4v) is 0.524. The van der Waals surface area contributed by atoms with Gasteiger partial charge >= 0.3 is 0 Å². The van der Waals surface area contributed by atoms with Gasteiger partial charge in [0.25, 0.3) is 0 Å². The van der Waals surface area contributed by atoms with Crippen LogP contribution < -0.4 is 11.1 Å². The van der Waals surface area contributed by atoms with E-state index in [1.54, 1.807) is 0 Å². The van der Waals surface area contributed by atoms with Crippen molar-refractivity contribution in [2.45, 2.75) is 6.42 Å². The molecule has 0 saturated carbocycles. The van der Waals surface area contributed by atoms with E-state index in [4.69, 9.17) is 10.5 Å². The molecular formula is C7H16N2O. The molecule has 10 heavy (non-hydrogen) atoms. The first-order valence-electron chi connectivity index (χ1n) is 3.46. The molecule has 0 atom stereocenters. The summed E-state index contributed by atoms with van der Waals surface area (Å²) in [6.07, 6.45) is 0.996. The van der Waals surface area contributed by atoms with Gasteiger partial charge in [-0.05, 0) is 20.0 Å². The first-order valence-corrected chi connectivity index (χ1v) is 3.46. The Hall–Kier alpha value is -0.540. The molecule has 60 valence electrons. The summed E-state index contributed by atoms with van der Waals surface area (Å²) in [7, 11) is 1.91. The molecule has 0 aliphatic carbocycles. The predicted octanol–water partition coefficient (Wildman–Crippen LogP) is 0.0849. The highest BCUT2D eigenvalue weighted by Gasteiger charge is 1.89. The SMILES string of the molecule is C=C(CN)OCCCNC. The van der Waals surface area contributed by atoms with Gasteiger partial charge in [0.2, 0.25) is 0 Å². The number of ether oxygens (including phenoxy) is 1. The number of nitrogens with two attached hydrogens (primary N) is 1. The normalized spacial score (nSPS) is 9.40. The fourth-order valence-electron chi connectivity index (χ4n) is 0.524. The zero-order chi connectivity index (χ0) is 7.82. The second-order valence-electron chi connectivity index (χ2n) is 2.05. The summed E-state index contributed by atoms with van der Waals surface area (Å²) in [5.41, 5.74) is 5.25. The van der Waals surface area contributed by atoms with Crippen LogP contribution in [0.4, 0.5) is 0 Å². The average Bonchev–Trinajstić information content (AvgIpc) is 1.98. The third-order valence-corrected chi connectivity index (χ3v) is 1.10. The second-order valence-corrected chi connectivity index (χ2v) is 2.05. The molecule has 0 aromatic heterocycles. The minimum absolute atomic E-state index is 0.416. The van der Waals surface area contributed by atoms with Crippen molar-refractivity contribution in [1.82, 2.24) is 5.32 Å². The molecule has 0 rings (SSSR count). The summed E-state index contributed by atoms with van der Waals surface area (Å²) in [5, 5.41) is 3.02. The van der Waals surface area contributed by atoms with E-state index in [-0.39, 0.29) is 0 Å². The van der Waals surface area contributed by atoms with Crippen LogP contribution in [0.5, 0.6) is 0 Å². The topological polar surface area (TPSA) is 47.3 Å². The Morgan fingerprint density at radius 2 is 2.40 bits per heavy atom. The van der Waals surface area contributed by atoms with Gasteiger partial charge in [-0.1, -0.05) is 6.58 Å². The van der Waals surface area contributed by atoms with Crippen molar-refractivity contribution >= 4 is 0 Å². The summed E-state index contributed by atoms with van der Waals surface area (Å²) in [6, 6.07) is 0. The van der Waals surface area contributed by atoms with Crippen molar-refractivity contribution in [2.24, 2.45) is 5.73 Å². The molecule has 3 heteroatoms. The maximum atomic E-state index is 5.25. The molecule has 0 saturated heterocycles. The lowest BCUT2D eigenvalue weighted by Crippen LogP contribution is -2.12. The van der Waals surface area contributed by atoms with Crippen LogP contribution in [0, 0.1) is 0 Å². The van der Waals surface area contributed by atoms with Crippen LogP contribution in [0.1, 0.15) is 6.42 Å². The van der Waals surface area contributed by atoms with Crippen molar-refractivity contribution in [1.29, 1.82) is 0 Å². The quantitative estimate of drug-likeness (QED) is 0.410. The van der Waals surface area contributed by atoms with Gasteiger partial charge < -0.3 is 15.8 Å². The Morgan fingerprint density at radius 1 is 1.70 bits per heavy atom. The van der Waals surface area contributed by atoms with Crippen LogP contribution in [0.2, 0.25) is 0 Å². The van der Waals surface area contributed by atoms with Gasteiger partial charge in [0.05, 0.1) is 13.2 Å². The lowest BCUT2D eigenvalue weighted by molar-refractivity contribution is 0.207. The monoisotopic (exact) mass is 144 g/mol. The Balaban J connectivity index is 2.96. The molecule has 0 heterocycles. The maximum absolute atomic E-state index is 5.25. The van der Waals surface area contributed by atoms with E-state index in [1.165, 1.54) is 0 Å². The molecule has 3 N–H and O–H groups in total. The summed E-state index contributed by atoms with van der Waals surface area (Å²) in [6.45, 7) is 5.69. The first kappa shape index (κ1) is 9.46. The fraction of sp³-hybridized carbons (Fsp3) is 0.714. The Morgan fingerprint density at radius 3 is 2.90 bits per heavy atom. The molecule has 0 aliphatic heterocycles. The summed E-state index contributed by atoms with van der Waals surface area (Å²) in [4.78, 5) is 0. The minimum Gasteiger partial charge on any atom is -0.497 e. The van der Waals surface area contributed by atoms with E-state index < -0.39 is 0 Å². The van der Waals surface area contributed by atoms with Gasteiger partial charge in [0, 0.05) is 0 Å². The minimum atomic E-state index is 0.416. The van der Waals surface area contributed by atoms with Crippen LogP contribution in [0.15, 0.2) is 12.3 Å². The van der Waals surface area contributed by atoms with Crippen LogP contribution in [-0.4, -0.2) is 26.7 Å². The second kappa shape index (κ2) is 6.58. The van der Waals surface area contributed by atoms with E-state index in [2.05, 4.69) is 11.9 Å². The number of rotatable bonds is 6. The van der Waals surface area contributed by atoms with Crippen molar-refractivity contribution in [3.8, 4) is 0 Å². The molecule has 0 aromatic carbocycles. The first-order chi connectivity index (χ1) is 4.81. The molecule has 0 unspecified atom stereocenters. The largest absolute Gasteiger partial charge is 0.497 e. The molecule has 0 fully saturated rings. The third-order valence-electron chi connectivity index (χ3n) is 1.10. The molecule has 0 radical (unpaired) electrons. The predicted molar refractivity (Wildman–Crippen MR) is 42.7 cm³/mol. The Kier molecular flexibility index (Phi) is 6.22. The van der Waals surface area contributed by atoms with Gasteiger partial charge in [-0.2, -0.15) is 0 Å². The standard InChI is InChI=1S/C7H16N2O/c1-7(6-8)10-5-3-4-9-2/h9H,1,3-6,8H2,2H3. The number of hydrogen-bond acceptors (Lipinski definition) is 3. The zero-order valence-electron chi connectivity index (χ0n) is 6.52. The summed E-state index contributed by atoms with van der Waals surface area (Å²) in [5.74, 6) is 0.663. The highest BCUT2D eigenvalue weighted by Crippen LogP contribution is 1.90. The average molecular weight is 144 g/mol. The van der Waals surface area contributed by atoms with Crippen molar-refractivity contribution in [3.05, 3.63) is 12.3 Å². The smallest absolute Gasteiger partial charge is 0.102 e. The highest BCUT2D eigenvalue weighted by molar-refractivity contribution is 4.82. The molecule has 3 nitrogen and oxygen atoms in total. The Labute approximate surface area is 62.2 Å². The summed E-state index contributed by atoms with van der Waals surface area (Å²) >= 11 is 0. The highest BCUT2D eigenvalue weighted by atomic mass is 16.5. The van der Waals surface area contributed by atoms with Gasteiger partial charge in [0.1, 0.15) is 5.76 Å². The lowest BCUT2D eigenvalue weighted by atomic mass is 10.4. The maximum Gasteiger partial charge on any atom is 0.102 e. The van der Waals surface area contributed by atoms with Gasteiger partial charge in [-0.25, -0.2) is 0 Å². The zero-order valence-corrected chi connectivity index (χ0v) is 6.52. The van der Waals surface area contributed by atoms with Crippen LogP contribution in [-0.2, 0) is 4.74 Å². The number of hydrogen-bond donors (Lipinski definition) is 2. The summed E-state index contributed by atoms with van der Waals surface area (Å²) < 4.78 is 5.13. The van der Waals surface area contributed by atoms with Crippen LogP contribution in [0.25, 0.3) is 0 Å². The van der Waals surface area contributed by atoms with Crippen molar-refractivity contribution in [3.63, 3.8) is 0 Å². The molecule has 0 aliphatic rings. The third kappa shape index (κ3) is 5.59.